The SMILES string of the molecule is CC1(C)Oc2cc(S(=O)(=O)NCc3ccncc3)ccc2NC1=O. The van der Waals surface area contributed by atoms with Crippen molar-refractivity contribution < 1.29 is 17.9 Å². The van der Waals surface area contributed by atoms with E-state index in [1.807, 2.05) is 0 Å². The van der Waals surface area contributed by atoms with E-state index in [1.54, 1.807) is 38.4 Å². The summed E-state index contributed by atoms with van der Waals surface area (Å²) in [6, 6.07) is 7.82. The average Bonchev–Trinajstić information content (AvgIpc) is 2.54. The maximum Gasteiger partial charge on any atom is 0.268 e. The molecule has 0 spiro atoms. The number of nitrogens with zero attached hydrogens (tertiary/aromatic N) is 1. The number of carbonyl (C=O) groups is 1. The standard InChI is InChI=1S/C16H17N3O4S/c1-16(2)15(20)19-13-4-3-12(9-14(13)23-16)24(21,22)18-10-11-5-7-17-8-6-11/h3-9,18H,10H2,1-2H3,(H,19,20). The number of hydrogen-bond acceptors (Lipinski definition) is 5. The lowest BCUT2D eigenvalue weighted by Crippen LogP contribution is -2.45. The van der Waals surface area contributed by atoms with Crippen LogP contribution in [0.25, 0.3) is 0 Å². The van der Waals surface area contributed by atoms with E-state index in [4.69, 9.17) is 4.74 Å². The van der Waals surface area contributed by atoms with Crippen LogP contribution in [0.15, 0.2) is 47.6 Å². The van der Waals surface area contributed by atoms with Gasteiger partial charge in [-0.1, -0.05) is 0 Å². The molecule has 24 heavy (non-hydrogen) atoms. The van der Waals surface area contributed by atoms with E-state index in [0.717, 1.165) is 5.56 Å². The van der Waals surface area contributed by atoms with E-state index in [0.29, 0.717) is 11.4 Å². The van der Waals surface area contributed by atoms with Gasteiger partial charge in [-0.05, 0) is 43.7 Å². The Morgan fingerprint density at radius 3 is 2.62 bits per heavy atom. The molecule has 0 bridgehead atoms. The Labute approximate surface area is 140 Å². The first-order valence-electron chi connectivity index (χ1n) is 7.31. The molecule has 2 aromatic rings. The molecule has 1 aliphatic rings. The summed E-state index contributed by atoms with van der Waals surface area (Å²) in [6.07, 6.45) is 3.20. The predicted octanol–water partition coefficient (Wildman–Crippen LogP) is 1.67. The third kappa shape index (κ3) is 3.24. The number of pyridine rings is 1. The number of hydrogen-bond donors (Lipinski definition) is 2. The van der Waals surface area contributed by atoms with Crippen molar-refractivity contribution in [1.82, 2.24) is 9.71 Å². The highest BCUT2D eigenvalue weighted by atomic mass is 32.2. The van der Waals surface area contributed by atoms with Gasteiger partial charge in [-0.25, -0.2) is 13.1 Å². The molecule has 1 aromatic heterocycles. The zero-order valence-corrected chi connectivity index (χ0v) is 14.1. The second-order valence-electron chi connectivity index (χ2n) is 5.90. The van der Waals surface area contributed by atoms with Crippen molar-refractivity contribution in [3.8, 4) is 5.75 Å². The molecule has 8 heteroatoms. The van der Waals surface area contributed by atoms with Crippen LogP contribution in [0.3, 0.4) is 0 Å². The van der Waals surface area contributed by atoms with Crippen molar-refractivity contribution in [3.05, 3.63) is 48.3 Å². The van der Waals surface area contributed by atoms with Crippen molar-refractivity contribution in [2.45, 2.75) is 30.9 Å². The lowest BCUT2D eigenvalue weighted by Gasteiger charge is -2.31. The average molecular weight is 347 g/mol. The van der Waals surface area contributed by atoms with Crippen molar-refractivity contribution in [2.75, 3.05) is 5.32 Å². The fourth-order valence-electron chi connectivity index (χ4n) is 2.21. The van der Waals surface area contributed by atoms with Crippen LogP contribution >= 0.6 is 0 Å². The van der Waals surface area contributed by atoms with Crippen molar-refractivity contribution in [3.63, 3.8) is 0 Å². The Morgan fingerprint density at radius 2 is 1.92 bits per heavy atom. The summed E-state index contributed by atoms with van der Waals surface area (Å²) < 4.78 is 33.0. The minimum atomic E-state index is -3.71. The van der Waals surface area contributed by atoms with E-state index in [9.17, 15) is 13.2 Å². The molecule has 0 atom stereocenters. The molecular weight excluding hydrogens is 330 g/mol. The second-order valence-corrected chi connectivity index (χ2v) is 7.67. The number of nitrogens with one attached hydrogen (secondary N) is 2. The molecule has 0 saturated heterocycles. The monoisotopic (exact) mass is 347 g/mol. The molecule has 126 valence electrons. The molecule has 0 aliphatic carbocycles. The van der Waals surface area contributed by atoms with Crippen LogP contribution in [-0.2, 0) is 21.4 Å². The second kappa shape index (κ2) is 5.88. The first-order valence-corrected chi connectivity index (χ1v) is 8.79. The fraction of sp³-hybridized carbons (Fsp3) is 0.250. The minimum Gasteiger partial charge on any atom is -0.476 e. The summed E-state index contributed by atoms with van der Waals surface area (Å²) in [6.45, 7) is 3.40. The van der Waals surface area contributed by atoms with Gasteiger partial charge in [0.2, 0.25) is 10.0 Å². The van der Waals surface area contributed by atoms with Crippen LogP contribution in [0.2, 0.25) is 0 Å². The van der Waals surface area contributed by atoms with Gasteiger partial charge in [0.1, 0.15) is 5.75 Å². The molecule has 3 rings (SSSR count). The highest BCUT2D eigenvalue weighted by Gasteiger charge is 2.35. The van der Waals surface area contributed by atoms with Crippen LogP contribution in [0.4, 0.5) is 5.69 Å². The first kappa shape index (κ1) is 16.4. The van der Waals surface area contributed by atoms with Crippen LogP contribution in [0, 0.1) is 0 Å². The highest BCUT2D eigenvalue weighted by molar-refractivity contribution is 7.89. The summed E-state index contributed by atoms with van der Waals surface area (Å²) in [4.78, 5) is 15.8. The van der Waals surface area contributed by atoms with E-state index in [1.165, 1.54) is 18.2 Å². The van der Waals surface area contributed by atoms with Crippen LogP contribution < -0.4 is 14.8 Å². The number of aromatic nitrogens is 1. The van der Waals surface area contributed by atoms with Gasteiger partial charge in [-0.15, -0.1) is 0 Å². The van der Waals surface area contributed by atoms with Gasteiger partial charge in [0.05, 0.1) is 10.6 Å². The molecule has 0 radical (unpaired) electrons. The lowest BCUT2D eigenvalue weighted by molar-refractivity contribution is -0.129. The summed E-state index contributed by atoms with van der Waals surface area (Å²) in [5.74, 6) is 0.0489. The highest BCUT2D eigenvalue weighted by Crippen LogP contribution is 2.35. The summed E-state index contributed by atoms with van der Waals surface area (Å²) in [5.41, 5.74) is 0.198. The van der Waals surface area contributed by atoms with Crippen molar-refractivity contribution in [2.24, 2.45) is 0 Å². The van der Waals surface area contributed by atoms with Crippen LogP contribution in [0.1, 0.15) is 19.4 Å². The lowest BCUT2D eigenvalue weighted by atomic mass is 10.1. The molecule has 1 amide bonds. The minimum absolute atomic E-state index is 0.0715. The van der Waals surface area contributed by atoms with Crippen LogP contribution in [0.5, 0.6) is 5.75 Å². The number of ether oxygens (including phenoxy) is 1. The summed E-state index contributed by atoms with van der Waals surface area (Å²) >= 11 is 0. The Bertz CT molecular complexity index is 879. The van der Waals surface area contributed by atoms with E-state index in [2.05, 4.69) is 15.0 Å². The number of amides is 1. The first-order chi connectivity index (χ1) is 11.3. The number of sulfonamides is 1. The number of rotatable bonds is 4. The topological polar surface area (TPSA) is 97.4 Å². The number of fused-ring (bicyclic) bond motifs is 1. The molecule has 2 N–H and O–H groups in total. The largest absolute Gasteiger partial charge is 0.476 e. The molecule has 0 saturated carbocycles. The molecule has 0 unspecified atom stereocenters. The third-order valence-corrected chi connectivity index (χ3v) is 5.04. The van der Waals surface area contributed by atoms with Gasteiger partial charge in [0.15, 0.2) is 5.60 Å². The van der Waals surface area contributed by atoms with Crippen LogP contribution in [-0.4, -0.2) is 24.9 Å². The van der Waals surface area contributed by atoms with Crippen molar-refractivity contribution in [1.29, 1.82) is 0 Å². The van der Waals surface area contributed by atoms with E-state index >= 15 is 0 Å². The van der Waals surface area contributed by atoms with Gasteiger partial charge in [-0.3, -0.25) is 9.78 Å². The fourth-order valence-corrected chi connectivity index (χ4v) is 3.25. The molecule has 1 aromatic carbocycles. The van der Waals surface area contributed by atoms with Gasteiger partial charge in [-0.2, -0.15) is 0 Å². The molecule has 1 aliphatic heterocycles. The maximum absolute atomic E-state index is 12.4. The number of anilines is 1. The quantitative estimate of drug-likeness (QED) is 0.877. The number of carbonyl (C=O) groups excluding carboxylic acids is 1. The zero-order chi connectivity index (χ0) is 17.4. The molecule has 0 fully saturated rings. The van der Waals surface area contributed by atoms with Gasteiger partial charge in [0, 0.05) is 25.0 Å². The predicted molar refractivity (Wildman–Crippen MR) is 88.0 cm³/mol. The zero-order valence-electron chi connectivity index (χ0n) is 13.2. The Hall–Kier alpha value is -2.45. The summed E-state index contributed by atoms with van der Waals surface area (Å²) in [7, 11) is -3.71. The Balaban J connectivity index is 1.83. The Morgan fingerprint density at radius 1 is 1.21 bits per heavy atom. The van der Waals surface area contributed by atoms with E-state index in [-0.39, 0.29) is 17.3 Å². The number of benzene rings is 1. The molecule has 7 nitrogen and oxygen atoms in total. The smallest absolute Gasteiger partial charge is 0.268 e. The van der Waals surface area contributed by atoms with Crippen molar-refractivity contribution >= 4 is 21.6 Å². The van der Waals surface area contributed by atoms with Gasteiger partial charge < -0.3 is 10.1 Å². The van der Waals surface area contributed by atoms with Gasteiger partial charge >= 0.3 is 0 Å². The van der Waals surface area contributed by atoms with E-state index < -0.39 is 15.6 Å². The normalized spacial score (nSPS) is 16.0. The third-order valence-electron chi connectivity index (χ3n) is 3.64. The molecular formula is C16H17N3O4S. The Kier molecular flexibility index (Phi) is 4.02. The summed E-state index contributed by atoms with van der Waals surface area (Å²) in [5, 5.41) is 2.70. The van der Waals surface area contributed by atoms with Gasteiger partial charge in [0.25, 0.3) is 5.91 Å². The molecule has 2 heterocycles. The maximum atomic E-state index is 12.4.